The van der Waals surface area contributed by atoms with Crippen LogP contribution in [0.15, 0.2) is 12.4 Å². The van der Waals surface area contributed by atoms with E-state index >= 15 is 0 Å². The van der Waals surface area contributed by atoms with Crippen LogP contribution in [-0.2, 0) is 6.42 Å². The first-order chi connectivity index (χ1) is 8.36. The van der Waals surface area contributed by atoms with Crippen LogP contribution in [0.1, 0.15) is 44.7 Å². The van der Waals surface area contributed by atoms with Gasteiger partial charge < -0.3 is 5.32 Å². The predicted molar refractivity (Wildman–Crippen MR) is 73.7 cm³/mol. The summed E-state index contributed by atoms with van der Waals surface area (Å²) in [6.45, 7) is 3.14. The highest BCUT2D eigenvalue weighted by Gasteiger charge is 1.97. The van der Waals surface area contributed by atoms with Gasteiger partial charge in [0.2, 0.25) is 0 Å². The zero-order chi connectivity index (χ0) is 12.3. The van der Waals surface area contributed by atoms with Gasteiger partial charge in [0.25, 0.3) is 0 Å². The van der Waals surface area contributed by atoms with Gasteiger partial charge in [-0.1, -0.05) is 26.2 Å². The Kier molecular flexibility index (Phi) is 7.72. The molecule has 3 nitrogen and oxygen atoms in total. The number of rotatable bonds is 9. The minimum Gasteiger partial charge on any atom is -0.370 e. The molecule has 0 radical (unpaired) electrons. The summed E-state index contributed by atoms with van der Waals surface area (Å²) in [4.78, 5) is 8.44. The van der Waals surface area contributed by atoms with E-state index in [1.165, 1.54) is 19.3 Å². The Labute approximate surface area is 109 Å². The SMILES string of the molecule is CCCc1cc(NCCCCCCCl)ncn1. The normalized spacial score (nSPS) is 10.5. The Bertz CT molecular complexity index is 304. The second-order valence-corrected chi connectivity index (χ2v) is 4.55. The second kappa shape index (κ2) is 9.23. The largest absolute Gasteiger partial charge is 0.370 e. The molecule has 0 aliphatic carbocycles. The van der Waals surface area contributed by atoms with Gasteiger partial charge in [-0.05, 0) is 19.3 Å². The highest BCUT2D eigenvalue weighted by molar-refractivity contribution is 6.17. The number of aryl methyl sites for hydroxylation is 1. The maximum atomic E-state index is 5.62. The first-order valence-electron chi connectivity index (χ1n) is 6.47. The van der Waals surface area contributed by atoms with Gasteiger partial charge >= 0.3 is 0 Å². The molecule has 0 bridgehead atoms. The van der Waals surface area contributed by atoms with E-state index in [0.717, 1.165) is 43.2 Å². The van der Waals surface area contributed by atoms with E-state index in [0.29, 0.717) is 0 Å². The molecule has 0 aliphatic heterocycles. The van der Waals surface area contributed by atoms with Crippen LogP contribution < -0.4 is 5.32 Å². The molecule has 0 unspecified atom stereocenters. The summed E-state index contributed by atoms with van der Waals surface area (Å²) in [6.07, 6.45) is 8.52. The molecule has 0 saturated heterocycles. The van der Waals surface area contributed by atoms with Gasteiger partial charge in [-0.15, -0.1) is 11.6 Å². The molecule has 0 saturated carbocycles. The number of hydrogen-bond donors (Lipinski definition) is 1. The third-order valence-corrected chi connectivity index (χ3v) is 2.86. The third kappa shape index (κ3) is 6.47. The highest BCUT2D eigenvalue weighted by Crippen LogP contribution is 2.07. The predicted octanol–water partition coefficient (Wildman–Crippen LogP) is 3.64. The van der Waals surface area contributed by atoms with Crippen LogP contribution in [0.3, 0.4) is 0 Å². The van der Waals surface area contributed by atoms with Crippen molar-refractivity contribution in [1.82, 2.24) is 9.97 Å². The number of halogens is 1. The Morgan fingerprint density at radius 2 is 2.00 bits per heavy atom. The number of alkyl halides is 1. The van der Waals surface area contributed by atoms with E-state index in [9.17, 15) is 0 Å². The third-order valence-electron chi connectivity index (χ3n) is 2.60. The summed E-state index contributed by atoms with van der Waals surface area (Å²) < 4.78 is 0. The monoisotopic (exact) mass is 255 g/mol. The molecule has 0 aromatic carbocycles. The minimum absolute atomic E-state index is 0.777. The van der Waals surface area contributed by atoms with Crippen molar-refractivity contribution >= 4 is 17.4 Å². The Morgan fingerprint density at radius 1 is 1.18 bits per heavy atom. The molecule has 0 fully saturated rings. The molecule has 1 aromatic rings. The van der Waals surface area contributed by atoms with Gasteiger partial charge in [0, 0.05) is 24.2 Å². The Morgan fingerprint density at radius 3 is 2.76 bits per heavy atom. The van der Waals surface area contributed by atoms with Gasteiger partial charge in [0.05, 0.1) is 0 Å². The Hall–Kier alpha value is -0.830. The van der Waals surface area contributed by atoms with Crippen LogP contribution in [0.4, 0.5) is 5.82 Å². The van der Waals surface area contributed by atoms with E-state index in [4.69, 9.17) is 11.6 Å². The van der Waals surface area contributed by atoms with E-state index in [2.05, 4.69) is 22.2 Å². The summed E-state index contributed by atoms with van der Waals surface area (Å²) in [7, 11) is 0. The quantitative estimate of drug-likeness (QED) is 0.541. The summed E-state index contributed by atoms with van der Waals surface area (Å²) in [5.41, 5.74) is 1.12. The molecule has 1 aromatic heterocycles. The lowest BCUT2D eigenvalue weighted by Gasteiger charge is -2.06. The molecular weight excluding hydrogens is 234 g/mol. The fourth-order valence-corrected chi connectivity index (χ4v) is 1.87. The van der Waals surface area contributed by atoms with Crippen molar-refractivity contribution in [2.75, 3.05) is 17.7 Å². The number of nitrogens with one attached hydrogen (secondary N) is 1. The molecule has 0 atom stereocenters. The Balaban J connectivity index is 2.19. The lowest BCUT2D eigenvalue weighted by molar-refractivity contribution is 0.686. The number of nitrogens with zero attached hydrogens (tertiary/aromatic N) is 2. The van der Waals surface area contributed by atoms with Crippen molar-refractivity contribution in [2.45, 2.75) is 45.4 Å². The van der Waals surface area contributed by atoms with Gasteiger partial charge in [-0.2, -0.15) is 0 Å². The van der Waals surface area contributed by atoms with E-state index in [1.807, 2.05) is 6.07 Å². The summed E-state index contributed by atoms with van der Waals surface area (Å²) >= 11 is 5.62. The first kappa shape index (κ1) is 14.2. The topological polar surface area (TPSA) is 37.8 Å². The van der Waals surface area contributed by atoms with Crippen molar-refractivity contribution in [2.24, 2.45) is 0 Å². The number of unbranched alkanes of at least 4 members (excludes halogenated alkanes) is 3. The molecule has 17 heavy (non-hydrogen) atoms. The average molecular weight is 256 g/mol. The maximum Gasteiger partial charge on any atom is 0.129 e. The molecule has 1 N–H and O–H groups in total. The minimum atomic E-state index is 0.777. The number of hydrogen-bond acceptors (Lipinski definition) is 3. The fraction of sp³-hybridized carbons (Fsp3) is 0.692. The molecule has 96 valence electrons. The van der Waals surface area contributed by atoms with E-state index < -0.39 is 0 Å². The molecular formula is C13H22ClN3. The van der Waals surface area contributed by atoms with Gasteiger partial charge in [-0.25, -0.2) is 9.97 Å². The van der Waals surface area contributed by atoms with Crippen LogP contribution in [-0.4, -0.2) is 22.4 Å². The summed E-state index contributed by atoms with van der Waals surface area (Å²) in [5, 5.41) is 3.34. The van der Waals surface area contributed by atoms with Crippen molar-refractivity contribution < 1.29 is 0 Å². The molecule has 0 amide bonds. The van der Waals surface area contributed by atoms with Crippen LogP contribution >= 0.6 is 11.6 Å². The maximum absolute atomic E-state index is 5.62. The number of aromatic nitrogens is 2. The van der Waals surface area contributed by atoms with Crippen molar-refractivity contribution in [3.05, 3.63) is 18.1 Å². The molecule has 0 spiro atoms. The highest BCUT2D eigenvalue weighted by atomic mass is 35.5. The molecule has 1 rings (SSSR count). The fourth-order valence-electron chi connectivity index (χ4n) is 1.68. The molecule has 0 aliphatic rings. The average Bonchev–Trinajstić information content (AvgIpc) is 2.35. The standard InChI is InChI=1S/C13H22ClN3/c1-2-7-12-10-13(17-11-16-12)15-9-6-4-3-5-8-14/h10-11H,2-9H2,1H3,(H,15,16,17). The van der Waals surface area contributed by atoms with Crippen molar-refractivity contribution in [3.63, 3.8) is 0 Å². The van der Waals surface area contributed by atoms with Gasteiger partial charge in [0.15, 0.2) is 0 Å². The van der Waals surface area contributed by atoms with Crippen LogP contribution in [0.2, 0.25) is 0 Å². The molecule has 4 heteroatoms. The zero-order valence-corrected chi connectivity index (χ0v) is 11.3. The van der Waals surface area contributed by atoms with Crippen molar-refractivity contribution in [3.8, 4) is 0 Å². The van der Waals surface area contributed by atoms with Crippen molar-refractivity contribution in [1.29, 1.82) is 0 Å². The van der Waals surface area contributed by atoms with Gasteiger partial charge in [0.1, 0.15) is 12.1 Å². The lowest BCUT2D eigenvalue weighted by Crippen LogP contribution is -2.04. The van der Waals surface area contributed by atoms with E-state index in [1.54, 1.807) is 6.33 Å². The lowest BCUT2D eigenvalue weighted by atomic mass is 10.2. The van der Waals surface area contributed by atoms with Crippen LogP contribution in [0.5, 0.6) is 0 Å². The van der Waals surface area contributed by atoms with Crippen LogP contribution in [0.25, 0.3) is 0 Å². The number of anilines is 1. The second-order valence-electron chi connectivity index (χ2n) is 4.17. The zero-order valence-electron chi connectivity index (χ0n) is 10.6. The van der Waals surface area contributed by atoms with Gasteiger partial charge in [-0.3, -0.25) is 0 Å². The summed E-state index contributed by atoms with van der Waals surface area (Å²) in [5.74, 6) is 1.72. The summed E-state index contributed by atoms with van der Waals surface area (Å²) in [6, 6.07) is 2.04. The molecule has 1 heterocycles. The van der Waals surface area contributed by atoms with Crippen LogP contribution in [0, 0.1) is 0 Å². The first-order valence-corrected chi connectivity index (χ1v) is 7.01. The smallest absolute Gasteiger partial charge is 0.129 e. The van der Waals surface area contributed by atoms with E-state index in [-0.39, 0.29) is 0 Å².